The molecule has 2 aliphatic carbocycles. The predicted molar refractivity (Wildman–Crippen MR) is 173 cm³/mol. The number of likely N-dealkylation sites (N-methyl/N-ethyl adjacent to an activating group) is 1. The molecule has 246 valence electrons. The molecule has 11 nitrogen and oxygen atoms in total. The fourth-order valence-electron chi connectivity index (χ4n) is 8.11. The molecule has 0 bridgehead atoms. The number of likely N-dealkylation sites (tertiary alicyclic amines) is 1. The maximum atomic E-state index is 14.3. The molecule has 4 aliphatic rings. The highest BCUT2D eigenvalue weighted by molar-refractivity contribution is 6.38. The average molecular weight is 640 g/mol. The summed E-state index contributed by atoms with van der Waals surface area (Å²) in [7, 11) is 3.14. The molecule has 5 unspecified atom stereocenters. The Bertz CT molecular complexity index is 1730. The largest absolute Gasteiger partial charge is 0.496 e. The highest BCUT2D eigenvalue weighted by Crippen LogP contribution is 2.46. The van der Waals surface area contributed by atoms with Crippen molar-refractivity contribution in [3.63, 3.8) is 0 Å². The number of hydrogen-bond acceptors (Lipinski definition) is 6. The first kappa shape index (κ1) is 31.0. The lowest BCUT2D eigenvalue weighted by Gasteiger charge is -2.29. The fraction of sp³-hybridized carbons (Fsp3) is 0.472. The quantitative estimate of drug-likeness (QED) is 0.291. The molecule has 2 aliphatic heterocycles. The summed E-state index contributed by atoms with van der Waals surface area (Å²) in [5.74, 6) is -2.16. The van der Waals surface area contributed by atoms with E-state index in [9.17, 15) is 24.0 Å². The van der Waals surface area contributed by atoms with E-state index in [1.165, 1.54) is 4.90 Å². The maximum absolute atomic E-state index is 14.3. The summed E-state index contributed by atoms with van der Waals surface area (Å²) < 4.78 is 5.48. The van der Waals surface area contributed by atoms with Crippen molar-refractivity contribution in [1.82, 2.24) is 25.4 Å². The molecule has 1 spiro atoms. The smallest absolute Gasteiger partial charge is 0.292 e. The summed E-state index contributed by atoms with van der Waals surface area (Å²) in [6, 6.07) is 14.6. The van der Waals surface area contributed by atoms with Crippen LogP contribution in [-0.2, 0) is 25.7 Å². The number of aromatic amines is 1. The molecule has 2 aromatic carbocycles. The highest BCUT2D eigenvalue weighted by atomic mass is 16.5. The number of aromatic nitrogens is 1. The van der Waals surface area contributed by atoms with Gasteiger partial charge in [-0.05, 0) is 74.1 Å². The summed E-state index contributed by atoms with van der Waals surface area (Å²) in [5.41, 5.74) is 1.75. The van der Waals surface area contributed by atoms with Gasteiger partial charge in [0.05, 0.1) is 13.2 Å². The third kappa shape index (κ3) is 5.87. The van der Waals surface area contributed by atoms with Crippen molar-refractivity contribution in [3.05, 3.63) is 65.9 Å². The predicted octanol–water partition coefficient (Wildman–Crippen LogP) is 3.19. The molecule has 4 fully saturated rings. The summed E-state index contributed by atoms with van der Waals surface area (Å²) in [6.45, 7) is 0.655. The van der Waals surface area contributed by atoms with Crippen molar-refractivity contribution in [1.29, 1.82) is 0 Å². The van der Waals surface area contributed by atoms with Crippen molar-refractivity contribution in [2.24, 2.45) is 17.8 Å². The van der Waals surface area contributed by atoms with Gasteiger partial charge >= 0.3 is 0 Å². The average Bonchev–Trinajstić information content (AvgIpc) is 3.43. The molecule has 4 amide bonds. The Hall–Kier alpha value is -4.67. The monoisotopic (exact) mass is 639 g/mol. The van der Waals surface area contributed by atoms with E-state index in [2.05, 4.69) is 15.6 Å². The highest BCUT2D eigenvalue weighted by Gasteiger charge is 2.54. The molecular weight excluding hydrogens is 598 g/mol. The van der Waals surface area contributed by atoms with Crippen LogP contribution in [0, 0.1) is 17.8 Å². The van der Waals surface area contributed by atoms with Gasteiger partial charge in [-0.3, -0.25) is 24.0 Å². The number of ether oxygens (including phenoxy) is 1. The summed E-state index contributed by atoms with van der Waals surface area (Å²) in [6.07, 6.45) is 5.04. The van der Waals surface area contributed by atoms with Crippen molar-refractivity contribution in [2.45, 2.75) is 69.1 Å². The Morgan fingerprint density at radius 3 is 2.60 bits per heavy atom. The lowest BCUT2D eigenvalue weighted by molar-refractivity contribution is -0.146. The number of carbonyl (C=O) groups is 5. The number of carbonyl (C=O) groups excluding carboxylic acids is 5. The van der Waals surface area contributed by atoms with Crippen molar-refractivity contribution < 1.29 is 28.7 Å². The Balaban J connectivity index is 1.14. The van der Waals surface area contributed by atoms with Crippen LogP contribution < -0.4 is 15.4 Å². The van der Waals surface area contributed by atoms with Crippen LogP contribution in [-0.4, -0.2) is 82.5 Å². The SMILES string of the molecule is COc1cccc2[nH]c(C(=O)N3CC4CCCC4C3C(=O)NC(CC3CC4(CC4)NC3=O)C(=O)C(=O)N(C)Cc3ccccc3)cc12. The third-order valence-electron chi connectivity index (χ3n) is 10.7. The third-order valence-corrected chi connectivity index (χ3v) is 10.7. The molecule has 5 atom stereocenters. The van der Waals surface area contributed by atoms with E-state index in [4.69, 9.17) is 4.74 Å². The maximum Gasteiger partial charge on any atom is 0.292 e. The second-order valence-electron chi connectivity index (χ2n) is 13.8. The van der Waals surface area contributed by atoms with Gasteiger partial charge in [0.2, 0.25) is 17.6 Å². The van der Waals surface area contributed by atoms with Crippen LogP contribution in [0.1, 0.15) is 61.0 Å². The molecule has 1 aromatic heterocycles. The van der Waals surface area contributed by atoms with Crippen LogP contribution in [0.2, 0.25) is 0 Å². The minimum absolute atomic E-state index is 0.0274. The number of nitrogens with zero attached hydrogens (tertiary/aromatic N) is 2. The van der Waals surface area contributed by atoms with Gasteiger partial charge < -0.3 is 30.2 Å². The van der Waals surface area contributed by atoms with Gasteiger partial charge in [0.15, 0.2) is 0 Å². The van der Waals surface area contributed by atoms with E-state index in [1.54, 1.807) is 25.1 Å². The molecule has 7 rings (SSSR count). The Morgan fingerprint density at radius 2 is 1.87 bits per heavy atom. The molecule has 47 heavy (non-hydrogen) atoms. The number of H-pyrrole nitrogens is 1. The Labute approximate surface area is 273 Å². The fourth-order valence-corrected chi connectivity index (χ4v) is 8.11. The summed E-state index contributed by atoms with van der Waals surface area (Å²) >= 11 is 0. The van der Waals surface area contributed by atoms with E-state index in [0.717, 1.165) is 48.6 Å². The van der Waals surface area contributed by atoms with Crippen LogP contribution in [0.4, 0.5) is 0 Å². The van der Waals surface area contributed by atoms with Crippen LogP contribution in [0.25, 0.3) is 10.9 Å². The zero-order valence-electron chi connectivity index (χ0n) is 26.8. The number of ketones is 1. The second kappa shape index (κ2) is 12.2. The number of hydrogen-bond donors (Lipinski definition) is 3. The van der Waals surface area contributed by atoms with Gasteiger partial charge in [0.25, 0.3) is 11.8 Å². The number of Topliss-reactive ketones (excluding diaryl/α,β-unsaturated/α-hetero) is 1. The number of methoxy groups -OCH3 is 1. The van der Waals surface area contributed by atoms with E-state index in [0.29, 0.717) is 24.4 Å². The standard InChI is InChI=1S/C36H41N5O6/c1-40(19-21-8-4-3-5-9-21)35(46)31(42)27(16-23-18-36(14-15-36)39-32(23)43)38-33(44)30-24-11-6-10-22(24)20-41(30)34(45)28-17-25-26(37-28)12-7-13-29(25)47-2/h3-5,7-9,12-13,17,22-24,27,30,37H,6,10-11,14-16,18-20H2,1-2H3,(H,38,44)(H,39,43). The van der Waals surface area contributed by atoms with Gasteiger partial charge in [-0.1, -0.05) is 42.8 Å². The second-order valence-corrected chi connectivity index (χ2v) is 13.8. The zero-order valence-corrected chi connectivity index (χ0v) is 26.8. The minimum Gasteiger partial charge on any atom is -0.496 e. The lowest BCUT2D eigenvalue weighted by atomic mass is 9.91. The molecule has 0 radical (unpaired) electrons. The van der Waals surface area contributed by atoms with Gasteiger partial charge in [0, 0.05) is 42.5 Å². The topological polar surface area (TPSA) is 141 Å². The molecule has 3 heterocycles. The first-order valence-corrected chi connectivity index (χ1v) is 16.6. The van der Waals surface area contributed by atoms with Crippen molar-refractivity contribution in [2.75, 3.05) is 20.7 Å². The summed E-state index contributed by atoms with van der Waals surface area (Å²) in [5, 5.41) is 6.73. The van der Waals surface area contributed by atoms with Crippen molar-refractivity contribution >= 4 is 40.3 Å². The number of fused-ring (bicyclic) bond motifs is 2. The first-order valence-electron chi connectivity index (χ1n) is 16.6. The van der Waals surface area contributed by atoms with E-state index in [1.807, 2.05) is 48.5 Å². The number of rotatable bonds is 10. The Kier molecular flexibility index (Phi) is 8.01. The van der Waals surface area contributed by atoms with E-state index >= 15 is 0 Å². The van der Waals surface area contributed by atoms with Gasteiger partial charge in [-0.25, -0.2) is 0 Å². The van der Waals surface area contributed by atoms with E-state index in [-0.39, 0.29) is 42.2 Å². The van der Waals surface area contributed by atoms with Gasteiger partial charge in [-0.15, -0.1) is 0 Å². The molecule has 2 saturated carbocycles. The molecule has 11 heteroatoms. The molecular formula is C36H41N5O6. The first-order chi connectivity index (χ1) is 22.7. The van der Waals surface area contributed by atoms with Gasteiger partial charge in [-0.2, -0.15) is 0 Å². The summed E-state index contributed by atoms with van der Waals surface area (Å²) in [4.78, 5) is 74.8. The normalized spacial score (nSPS) is 24.6. The van der Waals surface area contributed by atoms with Gasteiger partial charge in [0.1, 0.15) is 17.5 Å². The number of amides is 4. The lowest BCUT2D eigenvalue weighted by Crippen LogP contribution is -2.55. The molecule has 3 aromatic rings. The van der Waals surface area contributed by atoms with Crippen LogP contribution in [0.5, 0.6) is 5.75 Å². The Morgan fingerprint density at radius 1 is 1.09 bits per heavy atom. The van der Waals surface area contributed by atoms with E-state index < -0.39 is 35.6 Å². The molecule has 2 saturated heterocycles. The minimum atomic E-state index is -1.20. The number of nitrogens with one attached hydrogen (secondary N) is 3. The van der Waals surface area contributed by atoms with Crippen molar-refractivity contribution in [3.8, 4) is 5.75 Å². The zero-order chi connectivity index (χ0) is 32.9. The number of benzene rings is 2. The van der Waals surface area contributed by atoms with Crippen LogP contribution >= 0.6 is 0 Å². The van der Waals surface area contributed by atoms with Crippen LogP contribution in [0.3, 0.4) is 0 Å². The molecule has 3 N–H and O–H groups in total. The van der Waals surface area contributed by atoms with Crippen LogP contribution in [0.15, 0.2) is 54.6 Å².